The molecule has 0 bridgehead atoms. The van der Waals surface area contributed by atoms with E-state index in [1.54, 1.807) is 26.0 Å². The Morgan fingerprint density at radius 3 is 2.05 bits per heavy atom. The SMILES string of the molecule is CCC(C)(O)CCN(C(=O)OCC1c2ccccc2-c2ccccc21)[C@@H](CC(=O)OCc1ccccc1)C(=O)O. The minimum Gasteiger partial charge on any atom is -0.480 e. The summed E-state index contributed by atoms with van der Waals surface area (Å²) in [4.78, 5) is 39.4. The van der Waals surface area contributed by atoms with E-state index < -0.39 is 36.1 Å². The maximum atomic E-state index is 13.4. The zero-order valence-electron chi connectivity index (χ0n) is 22.8. The Morgan fingerprint density at radius 1 is 0.900 bits per heavy atom. The van der Waals surface area contributed by atoms with E-state index in [0.29, 0.717) is 6.42 Å². The number of carboxylic acid groups (broad SMARTS) is 1. The van der Waals surface area contributed by atoms with Crippen molar-refractivity contribution in [3.8, 4) is 11.1 Å². The highest BCUT2D eigenvalue weighted by Crippen LogP contribution is 2.44. The number of benzene rings is 3. The number of carbonyl (C=O) groups excluding carboxylic acids is 2. The van der Waals surface area contributed by atoms with Crippen LogP contribution in [-0.4, -0.2) is 57.9 Å². The van der Waals surface area contributed by atoms with Gasteiger partial charge in [-0.3, -0.25) is 9.69 Å². The fourth-order valence-electron chi connectivity index (χ4n) is 4.88. The number of hydrogen-bond acceptors (Lipinski definition) is 6. The molecular weight excluding hydrogens is 510 g/mol. The number of nitrogens with zero attached hydrogens (tertiary/aromatic N) is 1. The van der Waals surface area contributed by atoms with Crippen LogP contribution in [0.25, 0.3) is 11.1 Å². The molecule has 8 nitrogen and oxygen atoms in total. The minimum atomic E-state index is -1.52. The molecule has 3 aromatic carbocycles. The van der Waals surface area contributed by atoms with E-state index >= 15 is 0 Å². The van der Waals surface area contributed by atoms with Crippen molar-refractivity contribution in [1.29, 1.82) is 0 Å². The summed E-state index contributed by atoms with van der Waals surface area (Å²) in [5.41, 5.74) is 3.82. The molecular formula is C32H35NO7. The molecule has 1 unspecified atom stereocenters. The van der Waals surface area contributed by atoms with Gasteiger partial charge in [0.15, 0.2) is 0 Å². The quantitative estimate of drug-likeness (QED) is 0.294. The van der Waals surface area contributed by atoms with Crippen LogP contribution in [0, 0.1) is 0 Å². The van der Waals surface area contributed by atoms with E-state index in [0.717, 1.165) is 32.7 Å². The van der Waals surface area contributed by atoms with Gasteiger partial charge >= 0.3 is 18.0 Å². The maximum Gasteiger partial charge on any atom is 0.410 e. The number of aliphatic carboxylic acids is 1. The minimum absolute atomic E-state index is 0.00166. The largest absolute Gasteiger partial charge is 0.480 e. The van der Waals surface area contributed by atoms with Crippen LogP contribution < -0.4 is 0 Å². The lowest BCUT2D eigenvalue weighted by Crippen LogP contribution is -2.48. The van der Waals surface area contributed by atoms with Gasteiger partial charge < -0.3 is 19.7 Å². The van der Waals surface area contributed by atoms with Gasteiger partial charge in [-0.05, 0) is 47.6 Å². The summed E-state index contributed by atoms with van der Waals surface area (Å²) in [6.07, 6.45) is -0.906. The second kappa shape index (κ2) is 12.8. The molecule has 1 amide bonds. The van der Waals surface area contributed by atoms with Crippen LogP contribution in [0.3, 0.4) is 0 Å². The molecule has 8 heteroatoms. The van der Waals surface area contributed by atoms with E-state index in [2.05, 4.69) is 0 Å². The number of esters is 1. The van der Waals surface area contributed by atoms with Gasteiger partial charge in [-0.15, -0.1) is 0 Å². The monoisotopic (exact) mass is 545 g/mol. The fourth-order valence-corrected chi connectivity index (χ4v) is 4.88. The fraction of sp³-hybridized carbons (Fsp3) is 0.344. The van der Waals surface area contributed by atoms with Crippen molar-refractivity contribution in [3.05, 3.63) is 95.6 Å². The van der Waals surface area contributed by atoms with Crippen molar-refractivity contribution in [1.82, 2.24) is 4.90 Å². The summed E-state index contributed by atoms with van der Waals surface area (Å²) in [5, 5.41) is 20.6. The van der Waals surface area contributed by atoms with Gasteiger partial charge in [-0.25, -0.2) is 9.59 Å². The van der Waals surface area contributed by atoms with Crippen LogP contribution in [0.15, 0.2) is 78.9 Å². The summed E-state index contributed by atoms with van der Waals surface area (Å²) in [7, 11) is 0. The molecule has 0 spiro atoms. The van der Waals surface area contributed by atoms with Crippen LogP contribution in [-0.2, 0) is 25.7 Å². The highest BCUT2D eigenvalue weighted by Gasteiger charge is 2.36. The standard InChI is InChI=1S/C32H35NO7/c1-3-32(2,38)17-18-33(28(30(35)36)19-29(34)39-20-22-11-5-4-6-12-22)31(37)40-21-27-25-15-9-7-13-23(25)24-14-8-10-16-26(24)27/h4-16,27-28,38H,3,17-21H2,1-2H3,(H,35,36)/t28-,32?/m0/s1. The zero-order chi connectivity index (χ0) is 28.7. The predicted octanol–water partition coefficient (Wildman–Crippen LogP) is 5.38. The molecule has 0 aliphatic heterocycles. The summed E-state index contributed by atoms with van der Waals surface area (Å²) < 4.78 is 11.0. The lowest BCUT2D eigenvalue weighted by Gasteiger charge is -2.31. The number of carbonyl (C=O) groups is 3. The molecule has 0 heterocycles. The maximum absolute atomic E-state index is 13.4. The van der Waals surface area contributed by atoms with Crippen LogP contribution in [0.1, 0.15) is 55.7 Å². The molecule has 0 aromatic heterocycles. The highest BCUT2D eigenvalue weighted by atomic mass is 16.6. The molecule has 2 N–H and O–H groups in total. The van der Waals surface area contributed by atoms with Gasteiger partial charge in [0.25, 0.3) is 0 Å². The van der Waals surface area contributed by atoms with E-state index in [1.807, 2.05) is 66.7 Å². The van der Waals surface area contributed by atoms with Crippen molar-refractivity contribution in [2.24, 2.45) is 0 Å². The van der Waals surface area contributed by atoms with E-state index in [4.69, 9.17) is 9.47 Å². The van der Waals surface area contributed by atoms with Crippen LogP contribution in [0.4, 0.5) is 4.79 Å². The first-order valence-corrected chi connectivity index (χ1v) is 13.5. The van der Waals surface area contributed by atoms with Crippen molar-refractivity contribution in [2.75, 3.05) is 13.2 Å². The highest BCUT2D eigenvalue weighted by molar-refractivity contribution is 5.85. The summed E-state index contributed by atoms with van der Waals surface area (Å²) in [6, 6.07) is 23.3. The number of ether oxygens (including phenoxy) is 2. The molecule has 40 heavy (non-hydrogen) atoms. The molecule has 1 aliphatic rings. The Balaban J connectivity index is 1.50. The van der Waals surface area contributed by atoms with Gasteiger partial charge in [0, 0.05) is 12.5 Å². The first kappa shape index (κ1) is 28.8. The third-order valence-corrected chi connectivity index (χ3v) is 7.49. The molecule has 0 saturated carbocycles. The van der Waals surface area contributed by atoms with Crippen LogP contribution in [0.5, 0.6) is 0 Å². The third-order valence-electron chi connectivity index (χ3n) is 7.49. The average molecular weight is 546 g/mol. The smallest absolute Gasteiger partial charge is 0.410 e. The van der Waals surface area contributed by atoms with Gasteiger partial charge in [0.1, 0.15) is 19.3 Å². The number of carboxylic acids is 1. The summed E-state index contributed by atoms with van der Waals surface area (Å²) in [5.74, 6) is -2.33. The van der Waals surface area contributed by atoms with Crippen molar-refractivity contribution >= 4 is 18.0 Å². The molecule has 2 atom stereocenters. The number of fused-ring (bicyclic) bond motifs is 3. The van der Waals surface area contributed by atoms with Crippen LogP contribution in [0.2, 0.25) is 0 Å². The van der Waals surface area contributed by atoms with Gasteiger partial charge in [0.05, 0.1) is 12.0 Å². The number of amides is 1. The predicted molar refractivity (Wildman–Crippen MR) is 150 cm³/mol. The molecule has 0 saturated heterocycles. The summed E-state index contributed by atoms with van der Waals surface area (Å²) in [6.45, 7) is 3.29. The average Bonchev–Trinajstić information content (AvgIpc) is 3.28. The third kappa shape index (κ3) is 6.87. The van der Waals surface area contributed by atoms with Gasteiger partial charge in [-0.2, -0.15) is 0 Å². The van der Waals surface area contributed by atoms with Gasteiger partial charge in [-0.1, -0.05) is 85.8 Å². The second-order valence-corrected chi connectivity index (χ2v) is 10.3. The molecule has 210 valence electrons. The lowest BCUT2D eigenvalue weighted by molar-refractivity contribution is -0.153. The number of aliphatic hydroxyl groups is 1. The molecule has 1 aliphatic carbocycles. The lowest BCUT2D eigenvalue weighted by atomic mass is 9.98. The second-order valence-electron chi connectivity index (χ2n) is 10.3. The molecule has 0 fully saturated rings. The van der Waals surface area contributed by atoms with Crippen molar-refractivity contribution in [2.45, 2.75) is 57.3 Å². The van der Waals surface area contributed by atoms with E-state index in [1.165, 1.54) is 0 Å². The van der Waals surface area contributed by atoms with E-state index in [9.17, 15) is 24.6 Å². The van der Waals surface area contributed by atoms with Gasteiger partial charge in [0.2, 0.25) is 0 Å². The Morgan fingerprint density at radius 2 is 1.48 bits per heavy atom. The summed E-state index contributed by atoms with van der Waals surface area (Å²) >= 11 is 0. The van der Waals surface area contributed by atoms with E-state index in [-0.39, 0.29) is 32.1 Å². The Hall–Kier alpha value is -4.17. The molecule has 0 radical (unpaired) electrons. The Kier molecular flexibility index (Phi) is 9.22. The number of hydrogen-bond donors (Lipinski definition) is 2. The normalized spacial score (nSPS) is 14.4. The number of rotatable bonds is 12. The Labute approximate surface area is 234 Å². The zero-order valence-corrected chi connectivity index (χ0v) is 22.8. The van der Waals surface area contributed by atoms with Crippen molar-refractivity contribution < 1.29 is 34.1 Å². The topological polar surface area (TPSA) is 113 Å². The molecule has 3 aromatic rings. The first-order valence-electron chi connectivity index (χ1n) is 13.5. The van der Waals surface area contributed by atoms with Crippen LogP contribution >= 0.6 is 0 Å². The first-order chi connectivity index (χ1) is 19.2. The van der Waals surface area contributed by atoms with Crippen molar-refractivity contribution in [3.63, 3.8) is 0 Å². The Bertz CT molecular complexity index is 1290. The molecule has 4 rings (SSSR count).